The van der Waals surface area contributed by atoms with Crippen LogP contribution in [0.5, 0.6) is 0 Å². The highest BCUT2D eigenvalue weighted by Crippen LogP contribution is 2.33. The maximum atomic E-state index is 13.1. The Morgan fingerprint density at radius 1 is 1.30 bits per heavy atom. The first-order chi connectivity index (χ1) is 10.9. The summed E-state index contributed by atoms with van der Waals surface area (Å²) in [5.41, 5.74) is -1.25. The molecule has 0 spiro atoms. The summed E-state index contributed by atoms with van der Waals surface area (Å²) in [6.45, 7) is 2.23. The summed E-state index contributed by atoms with van der Waals surface area (Å²) in [4.78, 5) is 2.37. The maximum Gasteiger partial charge on any atom is 0.418 e. The Morgan fingerprint density at radius 2 is 2.00 bits per heavy atom. The highest BCUT2D eigenvalue weighted by atomic mass is 19.4. The van der Waals surface area contributed by atoms with Gasteiger partial charge in [-0.3, -0.25) is 0 Å². The van der Waals surface area contributed by atoms with Crippen LogP contribution in [-0.2, 0) is 6.18 Å². The van der Waals surface area contributed by atoms with E-state index in [9.17, 15) is 13.2 Å². The smallest absolute Gasteiger partial charge is 0.395 e. The van der Waals surface area contributed by atoms with Crippen molar-refractivity contribution in [2.45, 2.75) is 13.1 Å². The molecule has 1 aromatic heterocycles. The lowest BCUT2D eigenvalue weighted by Gasteiger charge is -2.18. The van der Waals surface area contributed by atoms with Gasteiger partial charge in [-0.1, -0.05) is 12.1 Å². The van der Waals surface area contributed by atoms with Crippen molar-refractivity contribution in [1.29, 1.82) is 5.26 Å². The van der Waals surface area contributed by atoms with E-state index >= 15 is 0 Å². The minimum atomic E-state index is -4.56. The standard InChI is InChI=1S/C14H14F3N5O/c1-2-21(7-8-23)13-11(9-18)19-22(20-13)12-6-4-3-5-10(12)14(15,16)17/h3-6,23H,2,7-8H2,1H3. The van der Waals surface area contributed by atoms with Gasteiger partial charge >= 0.3 is 6.18 Å². The number of aliphatic hydroxyl groups is 1. The molecule has 1 heterocycles. The molecule has 0 amide bonds. The van der Waals surface area contributed by atoms with Gasteiger partial charge < -0.3 is 10.0 Å². The zero-order valence-electron chi connectivity index (χ0n) is 12.2. The van der Waals surface area contributed by atoms with Gasteiger partial charge in [-0.15, -0.1) is 15.0 Å². The molecule has 1 aromatic carbocycles. The average molecular weight is 325 g/mol. The number of hydrogen-bond donors (Lipinski definition) is 1. The summed E-state index contributed by atoms with van der Waals surface area (Å²) in [6, 6.07) is 6.68. The highest BCUT2D eigenvalue weighted by molar-refractivity contribution is 5.51. The predicted octanol–water partition coefficient (Wildman–Crippen LogP) is 1.98. The van der Waals surface area contributed by atoms with Gasteiger partial charge in [0.15, 0.2) is 5.82 Å². The third-order valence-corrected chi connectivity index (χ3v) is 3.18. The van der Waals surface area contributed by atoms with Crippen LogP contribution >= 0.6 is 0 Å². The van der Waals surface area contributed by atoms with Crippen molar-refractivity contribution >= 4 is 5.82 Å². The molecule has 2 rings (SSSR count). The zero-order valence-corrected chi connectivity index (χ0v) is 12.2. The first kappa shape index (κ1) is 16.8. The van der Waals surface area contributed by atoms with Gasteiger partial charge in [-0.25, -0.2) is 0 Å². The molecule has 0 saturated carbocycles. The van der Waals surface area contributed by atoms with Crippen LogP contribution in [-0.4, -0.2) is 39.8 Å². The molecule has 0 fully saturated rings. The second-order valence-electron chi connectivity index (χ2n) is 4.59. The summed E-state index contributed by atoms with van der Waals surface area (Å²) in [7, 11) is 0. The molecule has 0 atom stereocenters. The second kappa shape index (κ2) is 6.66. The molecule has 0 aliphatic carbocycles. The molecule has 122 valence electrons. The molecule has 9 heteroatoms. The van der Waals surface area contributed by atoms with Crippen LogP contribution in [0.2, 0.25) is 0 Å². The lowest BCUT2D eigenvalue weighted by Crippen LogP contribution is -2.27. The van der Waals surface area contributed by atoms with Gasteiger partial charge in [0.2, 0.25) is 5.69 Å². The quantitative estimate of drug-likeness (QED) is 0.909. The van der Waals surface area contributed by atoms with Crippen LogP contribution in [0.4, 0.5) is 19.0 Å². The highest BCUT2D eigenvalue weighted by Gasteiger charge is 2.34. The second-order valence-corrected chi connectivity index (χ2v) is 4.59. The van der Waals surface area contributed by atoms with Gasteiger partial charge in [0.25, 0.3) is 0 Å². The van der Waals surface area contributed by atoms with Crippen LogP contribution < -0.4 is 4.90 Å². The summed E-state index contributed by atoms with van der Waals surface area (Å²) >= 11 is 0. The average Bonchev–Trinajstić information content (AvgIpc) is 2.95. The van der Waals surface area contributed by atoms with E-state index in [1.165, 1.54) is 18.2 Å². The summed E-state index contributed by atoms with van der Waals surface area (Å²) in [6.07, 6.45) is -4.56. The van der Waals surface area contributed by atoms with E-state index in [2.05, 4.69) is 10.2 Å². The van der Waals surface area contributed by atoms with Crippen LogP contribution in [0.1, 0.15) is 18.2 Å². The van der Waals surface area contributed by atoms with Gasteiger partial charge in [0.1, 0.15) is 6.07 Å². The van der Waals surface area contributed by atoms with Crippen molar-refractivity contribution < 1.29 is 18.3 Å². The van der Waals surface area contributed by atoms with Crippen LogP contribution in [0.15, 0.2) is 24.3 Å². The van der Waals surface area contributed by atoms with Crippen LogP contribution in [0.3, 0.4) is 0 Å². The number of alkyl halides is 3. The van der Waals surface area contributed by atoms with Crippen molar-refractivity contribution in [3.63, 3.8) is 0 Å². The molecule has 23 heavy (non-hydrogen) atoms. The van der Waals surface area contributed by atoms with Crippen molar-refractivity contribution in [2.24, 2.45) is 0 Å². The molecular weight excluding hydrogens is 311 g/mol. The van der Waals surface area contributed by atoms with E-state index < -0.39 is 11.7 Å². The summed E-state index contributed by atoms with van der Waals surface area (Å²) < 4.78 is 39.3. The number of nitrogens with zero attached hydrogens (tertiary/aromatic N) is 5. The normalized spacial score (nSPS) is 11.3. The van der Waals surface area contributed by atoms with E-state index in [1.54, 1.807) is 11.8 Å². The van der Waals surface area contributed by atoms with Gasteiger partial charge in [0, 0.05) is 13.1 Å². The van der Waals surface area contributed by atoms with Crippen LogP contribution in [0, 0.1) is 11.3 Å². The van der Waals surface area contributed by atoms with E-state index in [1.807, 2.05) is 6.07 Å². The number of hydrogen-bond acceptors (Lipinski definition) is 5. The number of anilines is 1. The fourth-order valence-electron chi connectivity index (χ4n) is 2.11. The molecule has 0 aliphatic rings. The van der Waals surface area contributed by atoms with Crippen molar-refractivity contribution in [3.05, 3.63) is 35.5 Å². The number of aliphatic hydroxyl groups excluding tert-OH is 1. The topological polar surface area (TPSA) is 78.0 Å². The lowest BCUT2D eigenvalue weighted by molar-refractivity contribution is -0.137. The maximum absolute atomic E-state index is 13.1. The number of benzene rings is 1. The Balaban J connectivity index is 2.55. The SMILES string of the molecule is CCN(CCO)c1nn(-c2ccccc2C(F)(F)F)nc1C#N. The minimum Gasteiger partial charge on any atom is -0.395 e. The monoisotopic (exact) mass is 325 g/mol. The molecular formula is C14H14F3N5O. The first-order valence-electron chi connectivity index (χ1n) is 6.82. The Bertz CT molecular complexity index is 720. The minimum absolute atomic E-state index is 0.0997. The number of nitriles is 1. The number of aromatic nitrogens is 3. The first-order valence-corrected chi connectivity index (χ1v) is 6.82. The molecule has 0 saturated heterocycles. The Morgan fingerprint density at radius 3 is 2.57 bits per heavy atom. The summed E-state index contributed by atoms with van der Waals surface area (Å²) in [5.74, 6) is 0.140. The van der Waals surface area contributed by atoms with E-state index in [0.29, 0.717) is 6.54 Å². The molecule has 1 N–H and O–H groups in total. The van der Waals surface area contributed by atoms with E-state index in [0.717, 1.165) is 10.9 Å². The number of halogens is 3. The van der Waals surface area contributed by atoms with E-state index in [-0.39, 0.29) is 30.4 Å². The van der Waals surface area contributed by atoms with Crippen molar-refractivity contribution in [3.8, 4) is 11.8 Å². The van der Waals surface area contributed by atoms with Gasteiger partial charge in [0.05, 0.1) is 17.9 Å². The Labute approximate surface area is 130 Å². The van der Waals surface area contributed by atoms with Crippen LogP contribution in [0.25, 0.3) is 5.69 Å². The van der Waals surface area contributed by atoms with Gasteiger partial charge in [-0.05, 0) is 19.1 Å². The molecule has 0 radical (unpaired) electrons. The third-order valence-electron chi connectivity index (χ3n) is 3.18. The summed E-state index contributed by atoms with van der Waals surface area (Å²) in [5, 5.41) is 26.0. The number of rotatable bonds is 5. The molecule has 6 nitrogen and oxygen atoms in total. The fourth-order valence-corrected chi connectivity index (χ4v) is 2.11. The molecule has 0 aliphatic heterocycles. The Hall–Kier alpha value is -2.60. The molecule has 2 aromatic rings. The van der Waals surface area contributed by atoms with Crippen molar-refractivity contribution in [1.82, 2.24) is 15.0 Å². The lowest BCUT2D eigenvalue weighted by atomic mass is 10.2. The Kier molecular flexibility index (Phi) is 4.86. The third kappa shape index (κ3) is 3.43. The largest absolute Gasteiger partial charge is 0.418 e. The van der Waals surface area contributed by atoms with Gasteiger partial charge in [-0.2, -0.15) is 18.4 Å². The van der Waals surface area contributed by atoms with E-state index in [4.69, 9.17) is 10.4 Å². The number of likely N-dealkylation sites (N-methyl/N-ethyl adjacent to an activating group) is 1. The fraction of sp³-hybridized carbons (Fsp3) is 0.357. The zero-order chi connectivity index (χ0) is 17.0. The predicted molar refractivity (Wildman–Crippen MR) is 76.0 cm³/mol. The molecule has 0 unspecified atom stereocenters. The van der Waals surface area contributed by atoms with Crippen molar-refractivity contribution in [2.75, 3.05) is 24.6 Å². The number of para-hydroxylation sites is 1. The molecule has 0 bridgehead atoms.